The summed E-state index contributed by atoms with van der Waals surface area (Å²) in [6, 6.07) is 3.89. The molecule has 2 N–H and O–H groups in total. The highest BCUT2D eigenvalue weighted by molar-refractivity contribution is 5.90. The van der Waals surface area contributed by atoms with Crippen LogP contribution in [0.5, 0.6) is 0 Å². The fourth-order valence-electron chi connectivity index (χ4n) is 2.67. The Kier molecular flexibility index (Phi) is 4.16. The van der Waals surface area contributed by atoms with Crippen LogP contribution in [0.4, 0.5) is 14.9 Å². The molecule has 1 aromatic rings. The number of likely N-dealkylation sites (tertiary alicyclic amines) is 1. The number of rotatable bonds is 3. The fraction of sp³-hybridized carbons (Fsp3) is 0.467. The molecule has 114 valence electrons. The predicted molar refractivity (Wildman–Crippen MR) is 76.7 cm³/mol. The second-order valence-corrected chi connectivity index (χ2v) is 5.56. The maximum Gasteiger partial charge on any atom is 0.321 e. The number of hydrogen-bond acceptors (Lipinski definition) is 2. The molecule has 1 saturated heterocycles. The number of carboxylic acids is 1. The van der Waals surface area contributed by atoms with Crippen LogP contribution < -0.4 is 5.32 Å². The average Bonchev–Trinajstić information content (AvgIpc) is 2.83. The summed E-state index contributed by atoms with van der Waals surface area (Å²) in [4.78, 5) is 25.0. The van der Waals surface area contributed by atoms with Crippen LogP contribution in [0.3, 0.4) is 0 Å². The number of carbonyl (C=O) groups excluding carboxylic acids is 1. The molecule has 0 aromatic heterocycles. The van der Waals surface area contributed by atoms with Crippen LogP contribution in [0.15, 0.2) is 18.2 Å². The van der Waals surface area contributed by atoms with Crippen LogP contribution in [-0.2, 0) is 4.79 Å². The molecular weight excluding hydrogens is 275 g/mol. The topological polar surface area (TPSA) is 69.6 Å². The first kappa shape index (κ1) is 15.3. The van der Waals surface area contributed by atoms with E-state index in [2.05, 4.69) is 5.32 Å². The first-order valence-corrected chi connectivity index (χ1v) is 6.93. The first-order chi connectivity index (χ1) is 9.86. The van der Waals surface area contributed by atoms with Gasteiger partial charge in [0.05, 0.1) is 5.41 Å². The normalized spacial score (nSPS) is 21.4. The van der Waals surface area contributed by atoms with E-state index in [9.17, 15) is 19.1 Å². The third-order valence-electron chi connectivity index (χ3n) is 4.06. The van der Waals surface area contributed by atoms with Crippen molar-refractivity contribution in [2.75, 3.05) is 18.4 Å². The lowest BCUT2D eigenvalue weighted by Gasteiger charge is -2.23. The Morgan fingerprint density at radius 3 is 2.67 bits per heavy atom. The molecule has 0 bridgehead atoms. The van der Waals surface area contributed by atoms with Crippen molar-refractivity contribution in [3.8, 4) is 0 Å². The third-order valence-corrected chi connectivity index (χ3v) is 4.06. The fourth-order valence-corrected chi connectivity index (χ4v) is 2.67. The summed E-state index contributed by atoms with van der Waals surface area (Å²) in [5.41, 5.74) is 0.219. The van der Waals surface area contributed by atoms with Crippen LogP contribution in [0, 0.1) is 18.2 Å². The van der Waals surface area contributed by atoms with Crippen LogP contribution >= 0.6 is 0 Å². The van der Waals surface area contributed by atoms with Gasteiger partial charge in [0.15, 0.2) is 0 Å². The number of halogens is 1. The van der Waals surface area contributed by atoms with E-state index in [1.807, 2.05) is 6.92 Å². The van der Waals surface area contributed by atoms with Gasteiger partial charge in [0.25, 0.3) is 0 Å². The van der Waals surface area contributed by atoms with Gasteiger partial charge in [-0.15, -0.1) is 0 Å². The second-order valence-electron chi connectivity index (χ2n) is 5.56. The van der Waals surface area contributed by atoms with Gasteiger partial charge in [-0.3, -0.25) is 4.79 Å². The van der Waals surface area contributed by atoms with Crippen LogP contribution in [0.25, 0.3) is 0 Å². The van der Waals surface area contributed by atoms with Crippen molar-refractivity contribution in [2.45, 2.75) is 26.7 Å². The van der Waals surface area contributed by atoms with Gasteiger partial charge in [0.1, 0.15) is 5.82 Å². The molecule has 0 saturated carbocycles. The second kappa shape index (κ2) is 5.71. The van der Waals surface area contributed by atoms with Crippen molar-refractivity contribution in [1.82, 2.24) is 4.90 Å². The van der Waals surface area contributed by atoms with Gasteiger partial charge in [0.2, 0.25) is 0 Å². The molecule has 1 unspecified atom stereocenters. The summed E-state index contributed by atoms with van der Waals surface area (Å²) in [5.74, 6) is -1.29. The molecule has 1 aliphatic heterocycles. The van der Waals surface area contributed by atoms with Crippen molar-refractivity contribution < 1.29 is 19.1 Å². The van der Waals surface area contributed by atoms with Crippen molar-refractivity contribution in [3.63, 3.8) is 0 Å². The first-order valence-electron chi connectivity index (χ1n) is 6.93. The average molecular weight is 294 g/mol. The van der Waals surface area contributed by atoms with E-state index in [4.69, 9.17) is 0 Å². The summed E-state index contributed by atoms with van der Waals surface area (Å²) in [6.07, 6.45) is 0.916. The number of carboxylic acid groups (broad SMARTS) is 1. The SMILES string of the molecule is CCC1(C(=O)O)CCN(C(=O)Nc2cc(C)cc(F)c2)C1. The maximum absolute atomic E-state index is 13.3. The number of aryl methyl sites for hydroxylation is 1. The standard InChI is InChI=1S/C15H19FN2O3/c1-3-15(13(19)20)4-5-18(9-15)14(21)17-12-7-10(2)6-11(16)8-12/h6-8H,3-5,9H2,1-2H3,(H,17,21)(H,19,20). The van der Waals surface area contributed by atoms with Gasteiger partial charge in [-0.1, -0.05) is 6.92 Å². The number of urea groups is 1. The minimum absolute atomic E-state index is 0.180. The van der Waals surface area contributed by atoms with E-state index in [1.165, 1.54) is 17.0 Å². The summed E-state index contributed by atoms with van der Waals surface area (Å²) in [5, 5.41) is 11.9. The summed E-state index contributed by atoms with van der Waals surface area (Å²) < 4.78 is 13.3. The van der Waals surface area contributed by atoms with E-state index >= 15 is 0 Å². The Bertz CT molecular complexity index is 556. The Hall–Kier alpha value is -2.11. The quantitative estimate of drug-likeness (QED) is 0.900. The monoisotopic (exact) mass is 294 g/mol. The van der Waals surface area contributed by atoms with Gasteiger partial charge in [-0.05, 0) is 43.5 Å². The van der Waals surface area contributed by atoms with E-state index in [1.54, 1.807) is 13.0 Å². The van der Waals surface area contributed by atoms with Gasteiger partial charge in [-0.25, -0.2) is 9.18 Å². The molecule has 1 heterocycles. The van der Waals surface area contributed by atoms with Crippen molar-refractivity contribution in [3.05, 3.63) is 29.6 Å². The zero-order valence-corrected chi connectivity index (χ0v) is 12.1. The van der Waals surface area contributed by atoms with Crippen molar-refractivity contribution in [1.29, 1.82) is 0 Å². The molecular formula is C15H19FN2O3. The number of carbonyl (C=O) groups is 2. The Labute approximate surface area is 122 Å². The maximum atomic E-state index is 13.3. The van der Waals surface area contributed by atoms with E-state index < -0.39 is 23.2 Å². The molecule has 0 radical (unpaired) electrons. The molecule has 0 spiro atoms. The molecule has 21 heavy (non-hydrogen) atoms. The molecule has 1 aliphatic rings. The highest BCUT2D eigenvalue weighted by Crippen LogP contribution is 2.34. The third kappa shape index (κ3) is 3.15. The van der Waals surface area contributed by atoms with Gasteiger partial charge < -0.3 is 15.3 Å². The highest BCUT2D eigenvalue weighted by Gasteiger charge is 2.44. The summed E-state index contributed by atoms with van der Waals surface area (Å²) in [6.45, 7) is 4.12. The van der Waals surface area contributed by atoms with Gasteiger partial charge >= 0.3 is 12.0 Å². The molecule has 2 amide bonds. The van der Waals surface area contributed by atoms with Crippen molar-refractivity contribution in [2.24, 2.45) is 5.41 Å². The number of amides is 2. The molecule has 2 rings (SSSR count). The van der Waals surface area contributed by atoms with Crippen molar-refractivity contribution >= 4 is 17.7 Å². The number of nitrogens with zero attached hydrogens (tertiary/aromatic N) is 1. The van der Waals surface area contributed by atoms with E-state index in [0.29, 0.717) is 30.6 Å². The Morgan fingerprint density at radius 2 is 2.14 bits per heavy atom. The molecule has 0 aliphatic carbocycles. The highest BCUT2D eigenvalue weighted by atomic mass is 19.1. The minimum atomic E-state index is -0.873. The Balaban J connectivity index is 2.07. The lowest BCUT2D eigenvalue weighted by Crippen LogP contribution is -2.38. The van der Waals surface area contributed by atoms with Crippen LogP contribution in [-0.4, -0.2) is 35.1 Å². The lowest BCUT2D eigenvalue weighted by molar-refractivity contribution is -0.148. The molecule has 6 heteroatoms. The lowest BCUT2D eigenvalue weighted by atomic mass is 9.84. The van der Waals surface area contributed by atoms with Crippen LogP contribution in [0.2, 0.25) is 0 Å². The largest absolute Gasteiger partial charge is 0.481 e. The Morgan fingerprint density at radius 1 is 1.43 bits per heavy atom. The minimum Gasteiger partial charge on any atom is -0.481 e. The molecule has 1 aromatic carbocycles. The zero-order chi connectivity index (χ0) is 15.6. The zero-order valence-electron chi connectivity index (χ0n) is 12.1. The number of benzene rings is 1. The predicted octanol–water partition coefficient (Wildman–Crippen LogP) is 2.85. The van der Waals surface area contributed by atoms with Gasteiger partial charge in [0, 0.05) is 18.8 Å². The number of anilines is 1. The summed E-state index contributed by atoms with van der Waals surface area (Å²) >= 11 is 0. The summed E-state index contributed by atoms with van der Waals surface area (Å²) in [7, 11) is 0. The molecule has 1 fully saturated rings. The smallest absolute Gasteiger partial charge is 0.321 e. The molecule has 1 atom stereocenters. The number of aliphatic carboxylic acids is 1. The number of hydrogen-bond donors (Lipinski definition) is 2. The van der Waals surface area contributed by atoms with E-state index in [-0.39, 0.29) is 6.54 Å². The number of nitrogens with one attached hydrogen (secondary N) is 1. The van der Waals surface area contributed by atoms with Crippen LogP contribution in [0.1, 0.15) is 25.3 Å². The molecule has 5 nitrogen and oxygen atoms in total. The van der Waals surface area contributed by atoms with Gasteiger partial charge in [-0.2, -0.15) is 0 Å². The van der Waals surface area contributed by atoms with E-state index in [0.717, 1.165) is 0 Å².